The topological polar surface area (TPSA) is 72.7 Å². The molecule has 3 aromatic rings. The minimum absolute atomic E-state index is 0.0913. The first-order valence-electron chi connectivity index (χ1n) is 9.10. The van der Waals surface area contributed by atoms with E-state index in [1.807, 2.05) is 37.3 Å². The quantitative estimate of drug-likeness (QED) is 0.553. The van der Waals surface area contributed by atoms with Crippen LogP contribution < -0.4 is 5.32 Å². The van der Waals surface area contributed by atoms with Crippen LogP contribution in [0.15, 0.2) is 53.7 Å². The summed E-state index contributed by atoms with van der Waals surface area (Å²) >= 11 is 7.25. The lowest BCUT2D eigenvalue weighted by molar-refractivity contribution is -0.115. The van der Waals surface area contributed by atoms with Crippen LogP contribution in [-0.2, 0) is 4.79 Å². The molecule has 1 amide bonds. The molecule has 3 rings (SSSR count). The Labute approximate surface area is 173 Å². The van der Waals surface area contributed by atoms with Gasteiger partial charge in [-0.1, -0.05) is 55.4 Å². The van der Waals surface area contributed by atoms with Gasteiger partial charge in [0.2, 0.25) is 11.1 Å². The molecule has 8 heteroatoms. The Bertz CT molecular complexity index is 944. The Hall–Kier alpha value is -2.38. The molecule has 146 valence electrons. The number of benzene rings is 2. The smallest absolute Gasteiger partial charge is 0.237 e. The van der Waals surface area contributed by atoms with Gasteiger partial charge in [0, 0.05) is 10.7 Å². The number of tetrazole rings is 1. The third-order valence-electron chi connectivity index (χ3n) is 4.53. The van der Waals surface area contributed by atoms with Crippen LogP contribution in [-0.4, -0.2) is 31.4 Å². The van der Waals surface area contributed by atoms with E-state index in [-0.39, 0.29) is 11.2 Å². The summed E-state index contributed by atoms with van der Waals surface area (Å²) in [5, 5.41) is 15.7. The fraction of sp³-hybridized carbons (Fsp3) is 0.300. The minimum Gasteiger partial charge on any atom is -0.325 e. The lowest BCUT2D eigenvalue weighted by Gasteiger charge is -2.17. The van der Waals surface area contributed by atoms with Crippen LogP contribution in [0.1, 0.15) is 38.7 Å². The molecule has 0 saturated carbocycles. The van der Waals surface area contributed by atoms with Gasteiger partial charge >= 0.3 is 0 Å². The Balaban J connectivity index is 1.73. The Morgan fingerprint density at radius 3 is 2.61 bits per heavy atom. The Kier molecular flexibility index (Phi) is 6.70. The maximum absolute atomic E-state index is 12.8. The van der Waals surface area contributed by atoms with Crippen molar-refractivity contribution in [1.29, 1.82) is 0 Å². The Morgan fingerprint density at radius 1 is 1.18 bits per heavy atom. The van der Waals surface area contributed by atoms with Crippen LogP contribution in [0, 0.1) is 0 Å². The number of thioether (sulfide) groups is 1. The monoisotopic (exact) mass is 415 g/mol. The molecule has 0 aliphatic rings. The number of carbonyl (C=O) groups is 1. The number of hydrogen-bond donors (Lipinski definition) is 1. The summed E-state index contributed by atoms with van der Waals surface area (Å²) < 4.78 is 1.60. The lowest BCUT2D eigenvalue weighted by Crippen LogP contribution is -2.23. The summed E-state index contributed by atoms with van der Waals surface area (Å²) in [4.78, 5) is 12.8. The highest BCUT2D eigenvalue weighted by atomic mass is 35.5. The fourth-order valence-electron chi connectivity index (χ4n) is 2.70. The maximum atomic E-state index is 12.8. The van der Waals surface area contributed by atoms with Crippen molar-refractivity contribution in [3.05, 3.63) is 59.1 Å². The number of amides is 1. The summed E-state index contributed by atoms with van der Waals surface area (Å²) in [6, 6.07) is 15.1. The van der Waals surface area contributed by atoms with E-state index in [1.165, 1.54) is 11.8 Å². The molecule has 0 bridgehead atoms. The molecule has 6 nitrogen and oxygen atoms in total. The standard InChI is InChI=1S/C20H22ClN5OS/c1-4-13(2)17-7-5-6-8-18(17)22-19(27)14(3)28-20-23-24-25-26(20)16-11-9-15(21)10-12-16/h5-14H,4H2,1-3H3,(H,22,27). The van der Waals surface area contributed by atoms with Crippen molar-refractivity contribution in [2.24, 2.45) is 0 Å². The maximum Gasteiger partial charge on any atom is 0.237 e. The summed E-state index contributed by atoms with van der Waals surface area (Å²) in [6.45, 7) is 6.13. The van der Waals surface area contributed by atoms with Gasteiger partial charge in [0.1, 0.15) is 0 Å². The third kappa shape index (κ3) is 4.72. The van der Waals surface area contributed by atoms with Gasteiger partial charge in [0.25, 0.3) is 0 Å². The van der Waals surface area contributed by atoms with Crippen molar-refractivity contribution in [3.63, 3.8) is 0 Å². The van der Waals surface area contributed by atoms with Crippen molar-refractivity contribution < 1.29 is 4.79 Å². The highest BCUT2D eigenvalue weighted by Gasteiger charge is 2.20. The molecule has 0 spiro atoms. The number of anilines is 1. The number of nitrogens with zero attached hydrogens (tertiary/aromatic N) is 4. The minimum atomic E-state index is -0.373. The average Bonchev–Trinajstić information content (AvgIpc) is 3.16. The molecule has 1 aromatic heterocycles. The van der Waals surface area contributed by atoms with Gasteiger partial charge in [-0.05, 0) is 65.6 Å². The summed E-state index contributed by atoms with van der Waals surface area (Å²) in [5.74, 6) is 0.281. The van der Waals surface area contributed by atoms with Gasteiger partial charge in [-0.15, -0.1) is 5.10 Å². The van der Waals surface area contributed by atoms with E-state index >= 15 is 0 Å². The average molecular weight is 416 g/mol. The van der Waals surface area contributed by atoms with Crippen LogP contribution in [0.3, 0.4) is 0 Å². The number of carbonyl (C=O) groups excluding carboxylic acids is 1. The summed E-state index contributed by atoms with van der Waals surface area (Å²) in [6.07, 6.45) is 1.01. The van der Waals surface area contributed by atoms with Crippen molar-refractivity contribution >= 4 is 35.0 Å². The normalized spacial score (nSPS) is 13.1. The third-order valence-corrected chi connectivity index (χ3v) is 5.81. The number of aromatic nitrogens is 4. The van der Waals surface area contributed by atoms with E-state index in [9.17, 15) is 4.79 Å². The Morgan fingerprint density at radius 2 is 1.89 bits per heavy atom. The predicted octanol–water partition coefficient (Wildman–Crippen LogP) is 4.95. The first kappa shape index (κ1) is 20.4. The fourth-order valence-corrected chi connectivity index (χ4v) is 3.64. The van der Waals surface area contributed by atoms with Gasteiger partial charge in [-0.2, -0.15) is 4.68 Å². The van der Waals surface area contributed by atoms with Crippen LogP contribution in [0.5, 0.6) is 0 Å². The first-order valence-corrected chi connectivity index (χ1v) is 10.4. The molecule has 2 aromatic carbocycles. The molecule has 0 saturated heterocycles. The SMILES string of the molecule is CCC(C)c1ccccc1NC(=O)C(C)Sc1nnnn1-c1ccc(Cl)cc1. The molecular formula is C20H22ClN5OS. The van der Waals surface area contributed by atoms with Crippen LogP contribution in [0.2, 0.25) is 5.02 Å². The highest BCUT2D eigenvalue weighted by molar-refractivity contribution is 8.00. The van der Waals surface area contributed by atoms with Gasteiger partial charge in [-0.3, -0.25) is 4.79 Å². The molecule has 0 fully saturated rings. The molecule has 2 atom stereocenters. The van der Waals surface area contributed by atoms with Crippen LogP contribution in [0.25, 0.3) is 5.69 Å². The van der Waals surface area contributed by atoms with Gasteiger partial charge < -0.3 is 5.32 Å². The largest absolute Gasteiger partial charge is 0.325 e. The van der Waals surface area contributed by atoms with E-state index in [0.29, 0.717) is 16.1 Å². The molecule has 1 N–H and O–H groups in total. The zero-order valence-electron chi connectivity index (χ0n) is 16.0. The summed E-state index contributed by atoms with van der Waals surface area (Å²) in [5.41, 5.74) is 2.78. The van der Waals surface area contributed by atoms with Gasteiger partial charge in [-0.25, -0.2) is 0 Å². The molecule has 28 heavy (non-hydrogen) atoms. The van der Waals surface area contributed by atoms with Crippen molar-refractivity contribution in [2.75, 3.05) is 5.32 Å². The second-order valence-electron chi connectivity index (χ2n) is 6.50. The van der Waals surface area contributed by atoms with Crippen LogP contribution in [0.4, 0.5) is 5.69 Å². The van der Waals surface area contributed by atoms with Gasteiger partial charge in [0.15, 0.2) is 0 Å². The number of nitrogens with one attached hydrogen (secondary N) is 1. The number of hydrogen-bond acceptors (Lipinski definition) is 5. The molecular weight excluding hydrogens is 394 g/mol. The molecule has 2 unspecified atom stereocenters. The second-order valence-corrected chi connectivity index (χ2v) is 8.24. The zero-order valence-corrected chi connectivity index (χ0v) is 17.5. The number of para-hydroxylation sites is 1. The molecule has 0 aliphatic carbocycles. The number of rotatable bonds is 7. The zero-order chi connectivity index (χ0) is 20.1. The van der Waals surface area contributed by atoms with E-state index in [4.69, 9.17) is 11.6 Å². The van der Waals surface area contributed by atoms with E-state index in [2.05, 4.69) is 40.8 Å². The van der Waals surface area contributed by atoms with E-state index < -0.39 is 0 Å². The predicted molar refractivity (Wildman–Crippen MR) is 113 cm³/mol. The molecule has 0 radical (unpaired) electrons. The lowest BCUT2D eigenvalue weighted by atomic mass is 9.97. The van der Waals surface area contributed by atoms with Crippen molar-refractivity contribution in [1.82, 2.24) is 20.2 Å². The van der Waals surface area contributed by atoms with Crippen molar-refractivity contribution in [3.8, 4) is 5.69 Å². The highest BCUT2D eigenvalue weighted by Crippen LogP contribution is 2.28. The van der Waals surface area contributed by atoms with Crippen LogP contribution >= 0.6 is 23.4 Å². The summed E-state index contributed by atoms with van der Waals surface area (Å²) in [7, 11) is 0. The number of halogens is 1. The second kappa shape index (κ2) is 9.21. The first-order chi connectivity index (χ1) is 13.5. The van der Waals surface area contributed by atoms with E-state index in [0.717, 1.165) is 23.4 Å². The van der Waals surface area contributed by atoms with Crippen molar-refractivity contribution in [2.45, 2.75) is 43.5 Å². The molecule has 1 heterocycles. The van der Waals surface area contributed by atoms with E-state index in [1.54, 1.807) is 16.8 Å². The van der Waals surface area contributed by atoms with Gasteiger partial charge in [0.05, 0.1) is 10.9 Å². The molecule has 0 aliphatic heterocycles.